The smallest absolute Gasteiger partial charge is 0.188 e. The Kier molecular flexibility index (Phi) is 4.69. The van der Waals surface area contributed by atoms with Gasteiger partial charge in [0.25, 0.3) is 0 Å². The van der Waals surface area contributed by atoms with E-state index in [4.69, 9.17) is 21.7 Å². The fourth-order valence-corrected chi connectivity index (χ4v) is 4.17. The minimum absolute atomic E-state index is 0.00155. The fraction of sp³-hybridized carbons (Fsp3) is 0.167. The van der Waals surface area contributed by atoms with E-state index in [-0.39, 0.29) is 11.7 Å². The summed E-state index contributed by atoms with van der Waals surface area (Å²) in [6.07, 6.45) is 4.45. The number of hydrogen-bond acceptors (Lipinski definition) is 4. The number of nitriles is 2. The van der Waals surface area contributed by atoms with E-state index in [9.17, 15) is 4.79 Å². The van der Waals surface area contributed by atoms with Gasteiger partial charge in [-0.15, -0.1) is 0 Å². The predicted molar refractivity (Wildman–Crippen MR) is 114 cm³/mol. The molecule has 3 N–H and O–H groups in total. The molecule has 30 heavy (non-hydrogen) atoms. The molecular weight excluding hydrogens is 374 g/mol. The fourth-order valence-electron chi connectivity index (χ4n) is 4.17. The third kappa shape index (κ3) is 3.15. The molecule has 0 unspecified atom stereocenters. The Hall–Kier alpha value is -4.16. The van der Waals surface area contributed by atoms with Gasteiger partial charge in [0.15, 0.2) is 11.7 Å². The van der Waals surface area contributed by atoms with Crippen LogP contribution in [-0.4, -0.2) is 29.7 Å². The predicted octanol–water partition coefficient (Wildman–Crippen LogP) is 3.07. The largest absolute Gasteiger partial charge is 0.370 e. The molecule has 2 aromatic rings. The molecule has 2 aromatic carbocycles. The Labute approximate surface area is 174 Å². The van der Waals surface area contributed by atoms with Crippen LogP contribution in [0.3, 0.4) is 0 Å². The lowest BCUT2D eigenvalue weighted by atomic mass is 9.58. The summed E-state index contributed by atoms with van der Waals surface area (Å²) in [7, 11) is 0. The molecule has 2 aliphatic rings. The number of nitrogens with zero attached hydrogens (tertiary/aromatic N) is 3. The van der Waals surface area contributed by atoms with Crippen LogP contribution in [0.25, 0.3) is 12.2 Å². The molecular formula is C24H19N5O. The molecule has 1 saturated heterocycles. The van der Waals surface area contributed by atoms with Crippen molar-refractivity contribution >= 4 is 23.9 Å². The van der Waals surface area contributed by atoms with Crippen molar-refractivity contribution < 1.29 is 4.79 Å². The summed E-state index contributed by atoms with van der Waals surface area (Å²) in [5.74, 6) is -0.0178. The van der Waals surface area contributed by atoms with Gasteiger partial charge in [-0.25, -0.2) is 0 Å². The molecule has 146 valence electrons. The Morgan fingerprint density at radius 1 is 0.967 bits per heavy atom. The van der Waals surface area contributed by atoms with E-state index >= 15 is 0 Å². The SMILES string of the molecule is N#Cc1ccc(/C=C2/C(=O)/C(=C/c3ccc(C#N)cc3)C23CCN(C(=N)N)C3)cc1. The van der Waals surface area contributed by atoms with Gasteiger partial charge in [0.1, 0.15) is 0 Å². The van der Waals surface area contributed by atoms with Crippen molar-refractivity contribution in [3.63, 3.8) is 0 Å². The van der Waals surface area contributed by atoms with Crippen molar-refractivity contribution in [2.45, 2.75) is 6.42 Å². The normalized spacial score (nSPS) is 19.5. The summed E-state index contributed by atoms with van der Waals surface area (Å²) in [6.45, 7) is 1.09. The molecule has 0 aromatic heterocycles. The van der Waals surface area contributed by atoms with E-state index in [2.05, 4.69) is 12.1 Å². The molecule has 6 nitrogen and oxygen atoms in total. The zero-order chi connectivity index (χ0) is 21.3. The number of carbonyl (C=O) groups is 1. The zero-order valence-corrected chi connectivity index (χ0v) is 16.2. The minimum Gasteiger partial charge on any atom is -0.370 e. The second-order valence-corrected chi connectivity index (χ2v) is 7.55. The standard InChI is InChI=1S/C24H19N5O/c25-13-18-5-1-16(2-6-18)11-20-22(30)21(12-17-3-7-19(14-26)8-4-17)24(20)9-10-29(15-24)23(27)28/h1-8,11-12H,9-10,15H2,(H3,27,28)/b20-11-,21-12-. The topological polar surface area (TPSA) is 118 Å². The highest BCUT2D eigenvalue weighted by Gasteiger charge is 2.57. The monoisotopic (exact) mass is 393 g/mol. The maximum absolute atomic E-state index is 13.1. The van der Waals surface area contributed by atoms with E-state index in [0.29, 0.717) is 41.8 Å². The molecule has 6 heteroatoms. The van der Waals surface area contributed by atoms with E-state index < -0.39 is 5.41 Å². The highest BCUT2D eigenvalue weighted by Crippen LogP contribution is 2.55. The van der Waals surface area contributed by atoms with Crippen LogP contribution in [0.2, 0.25) is 0 Å². The average Bonchev–Trinajstić information content (AvgIpc) is 3.24. The number of likely N-dealkylation sites (tertiary alicyclic amines) is 1. The molecule has 1 aliphatic carbocycles. The van der Waals surface area contributed by atoms with Crippen molar-refractivity contribution in [1.29, 1.82) is 15.9 Å². The van der Waals surface area contributed by atoms with Crippen LogP contribution in [-0.2, 0) is 4.79 Å². The van der Waals surface area contributed by atoms with Gasteiger partial charge in [-0.1, -0.05) is 24.3 Å². The van der Waals surface area contributed by atoms with E-state index in [1.54, 1.807) is 29.2 Å². The van der Waals surface area contributed by atoms with Gasteiger partial charge in [0.2, 0.25) is 0 Å². The number of carbonyl (C=O) groups excluding carboxylic acids is 1. The Balaban J connectivity index is 1.74. The first kappa shape index (κ1) is 19.2. The summed E-state index contributed by atoms with van der Waals surface area (Å²) in [4.78, 5) is 14.9. The van der Waals surface area contributed by atoms with Crippen molar-refractivity contribution in [2.24, 2.45) is 11.1 Å². The molecule has 1 heterocycles. The number of nitrogens with one attached hydrogen (secondary N) is 1. The van der Waals surface area contributed by atoms with E-state index in [0.717, 1.165) is 11.1 Å². The number of Topliss-reactive ketones (excluding diaryl/α,β-unsaturated/α-hetero) is 1. The first-order valence-corrected chi connectivity index (χ1v) is 9.55. The molecule has 1 saturated carbocycles. The first-order valence-electron chi connectivity index (χ1n) is 9.55. The van der Waals surface area contributed by atoms with Crippen LogP contribution in [0.4, 0.5) is 0 Å². The second-order valence-electron chi connectivity index (χ2n) is 7.55. The summed E-state index contributed by atoms with van der Waals surface area (Å²) >= 11 is 0. The van der Waals surface area contributed by atoms with Crippen LogP contribution in [0.5, 0.6) is 0 Å². The Morgan fingerprint density at radius 3 is 1.80 bits per heavy atom. The lowest BCUT2D eigenvalue weighted by molar-refractivity contribution is -0.117. The van der Waals surface area contributed by atoms with Crippen molar-refractivity contribution in [2.75, 3.05) is 13.1 Å². The lowest BCUT2D eigenvalue weighted by Crippen LogP contribution is -2.47. The van der Waals surface area contributed by atoms with Gasteiger partial charge in [0.05, 0.1) is 23.3 Å². The molecule has 2 fully saturated rings. The number of guanidine groups is 1. The zero-order valence-electron chi connectivity index (χ0n) is 16.2. The number of rotatable bonds is 2. The van der Waals surface area contributed by atoms with Crippen molar-refractivity contribution in [1.82, 2.24) is 4.90 Å². The Morgan fingerprint density at radius 2 is 1.43 bits per heavy atom. The van der Waals surface area contributed by atoms with Crippen LogP contribution in [0, 0.1) is 33.5 Å². The van der Waals surface area contributed by atoms with Gasteiger partial charge in [0, 0.05) is 29.7 Å². The number of benzene rings is 2. The lowest BCUT2D eigenvalue weighted by Gasteiger charge is -2.43. The van der Waals surface area contributed by atoms with Gasteiger partial charge in [-0.2, -0.15) is 10.5 Å². The maximum Gasteiger partial charge on any atom is 0.188 e. The van der Waals surface area contributed by atoms with Crippen molar-refractivity contribution in [3.05, 3.63) is 81.9 Å². The minimum atomic E-state index is -0.482. The summed E-state index contributed by atoms with van der Waals surface area (Å²) in [5.41, 5.74) is 9.49. The van der Waals surface area contributed by atoms with Gasteiger partial charge < -0.3 is 10.6 Å². The highest BCUT2D eigenvalue weighted by atomic mass is 16.1. The molecule has 4 rings (SSSR count). The van der Waals surface area contributed by atoms with E-state index in [1.807, 2.05) is 36.4 Å². The average molecular weight is 393 g/mol. The molecule has 0 atom stereocenters. The molecule has 0 amide bonds. The summed E-state index contributed by atoms with van der Waals surface area (Å²) in [6, 6.07) is 18.4. The second kappa shape index (κ2) is 7.35. The quantitative estimate of drug-likeness (QED) is 0.462. The van der Waals surface area contributed by atoms with E-state index in [1.165, 1.54) is 0 Å². The Bertz CT molecular complexity index is 1100. The van der Waals surface area contributed by atoms with Crippen molar-refractivity contribution in [3.8, 4) is 12.1 Å². The van der Waals surface area contributed by atoms with Crippen LogP contribution >= 0.6 is 0 Å². The highest BCUT2D eigenvalue weighted by molar-refractivity contribution is 6.24. The molecule has 1 spiro atoms. The summed E-state index contributed by atoms with van der Waals surface area (Å²) < 4.78 is 0. The van der Waals surface area contributed by atoms with Crippen LogP contribution in [0.1, 0.15) is 28.7 Å². The van der Waals surface area contributed by atoms with Gasteiger partial charge >= 0.3 is 0 Å². The molecule has 0 radical (unpaired) electrons. The van der Waals surface area contributed by atoms with Gasteiger partial charge in [-0.05, 0) is 54.0 Å². The third-order valence-corrected chi connectivity index (χ3v) is 5.83. The van der Waals surface area contributed by atoms with Gasteiger partial charge in [-0.3, -0.25) is 10.2 Å². The molecule has 1 aliphatic heterocycles. The number of nitrogens with two attached hydrogens (primary N) is 1. The number of ketones is 1. The van der Waals surface area contributed by atoms with Crippen LogP contribution in [0.15, 0.2) is 59.7 Å². The third-order valence-electron chi connectivity index (χ3n) is 5.83. The molecule has 0 bridgehead atoms. The van der Waals surface area contributed by atoms with Crippen LogP contribution < -0.4 is 5.73 Å². The number of hydrogen-bond donors (Lipinski definition) is 2. The maximum atomic E-state index is 13.1. The first-order chi connectivity index (χ1) is 14.5. The summed E-state index contributed by atoms with van der Waals surface area (Å²) in [5, 5.41) is 25.8.